The molecule has 0 aliphatic heterocycles. The lowest BCUT2D eigenvalue weighted by molar-refractivity contribution is 0.668. The monoisotopic (exact) mass is 637 g/mol. The third-order valence-corrected chi connectivity index (χ3v) is 9.27. The number of furan rings is 2. The molecule has 0 aliphatic rings. The lowest BCUT2D eigenvalue weighted by Gasteiger charge is -2.13. The molecule has 7 aromatic carbocycles. The average molecular weight is 638 g/mol. The van der Waals surface area contributed by atoms with Crippen molar-refractivity contribution in [3.05, 3.63) is 156 Å². The highest BCUT2D eigenvalue weighted by molar-refractivity contribution is 6.07. The largest absolute Gasteiger partial charge is 0.456 e. The standard InChI is InChI=1S/C45H23N3O2/c46-24-27-13-28(25-47)15-32(14-27)33-16-29(26-48)17-34(18-33)37-20-35(30-9-11-44-40(22-30)38-5-1-3-7-42(38)49-44)19-36(21-37)31-10-12-45-41(23-31)39-6-2-4-8-43(39)50-45/h1-23H. The fraction of sp³-hybridized carbons (Fsp3) is 0. The van der Waals surface area contributed by atoms with E-state index in [9.17, 15) is 15.8 Å². The number of nitriles is 3. The molecule has 2 heterocycles. The highest BCUT2D eigenvalue weighted by atomic mass is 16.3. The number of hydrogen-bond donors (Lipinski definition) is 0. The van der Waals surface area contributed by atoms with E-state index in [2.05, 4.69) is 72.8 Å². The first-order valence-corrected chi connectivity index (χ1v) is 16.1. The third kappa shape index (κ3) is 4.85. The van der Waals surface area contributed by atoms with Crippen LogP contribution in [0.4, 0.5) is 0 Å². The second kappa shape index (κ2) is 11.4. The van der Waals surface area contributed by atoms with Gasteiger partial charge in [0.25, 0.3) is 0 Å². The maximum absolute atomic E-state index is 10.1. The molecule has 9 rings (SSSR count). The molecule has 0 bridgehead atoms. The first kappa shape index (κ1) is 28.8. The van der Waals surface area contributed by atoms with Crippen LogP contribution in [0.3, 0.4) is 0 Å². The van der Waals surface area contributed by atoms with Gasteiger partial charge in [-0.15, -0.1) is 0 Å². The van der Waals surface area contributed by atoms with Crippen molar-refractivity contribution in [2.45, 2.75) is 0 Å². The summed E-state index contributed by atoms with van der Waals surface area (Å²) in [6.07, 6.45) is 0. The van der Waals surface area contributed by atoms with E-state index in [1.165, 1.54) is 0 Å². The summed E-state index contributed by atoms with van der Waals surface area (Å²) < 4.78 is 12.3. The molecule has 0 saturated heterocycles. The molecule has 0 unspecified atom stereocenters. The summed E-state index contributed by atoms with van der Waals surface area (Å²) in [4.78, 5) is 0. The van der Waals surface area contributed by atoms with Gasteiger partial charge in [0.1, 0.15) is 22.3 Å². The van der Waals surface area contributed by atoms with Crippen molar-refractivity contribution in [3.63, 3.8) is 0 Å². The molecule has 230 valence electrons. The summed E-state index contributed by atoms with van der Waals surface area (Å²) >= 11 is 0. The van der Waals surface area contributed by atoms with E-state index in [-0.39, 0.29) is 0 Å². The predicted molar refractivity (Wildman–Crippen MR) is 197 cm³/mol. The van der Waals surface area contributed by atoms with Gasteiger partial charge in [-0.2, -0.15) is 15.8 Å². The lowest BCUT2D eigenvalue weighted by Crippen LogP contribution is -1.90. The van der Waals surface area contributed by atoms with Gasteiger partial charge in [0.05, 0.1) is 34.9 Å². The molecule has 0 atom stereocenters. The molecule has 5 heteroatoms. The Morgan fingerprint density at radius 2 is 0.640 bits per heavy atom. The topological polar surface area (TPSA) is 97.7 Å². The van der Waals surface area contributed by atoms with Crippen LogP contribution < -0.4 is 0 Å². The first-order chi connectivity index (χ1) is 24.6. The van der Waals surface area contributed by atoms with Crippen molar-refractivity contribution in [3.8, 4) is 62.7 Å². The van der Waals surface area contributed by atoms with Gasteiger partial charge in [-0.25, -0.2) is 0 Å². The third-order valence-electron chi connectivity index (χ3n) is 9.27. The molecule has 0 saturated carbocycles. The van der Waals surface area contributed by atoms with Gasteiger partial charge in [-0.3, -0.25) is 0 Å². The van der Waals surface area contributed by atoms with Gasteiger partial charge >= 0.3 is 0 Å². The maximum atomic E-state index is 10.1. The molecular formula is C45H23N3O2. The van der Waals surface area contributed by atoms with Gasteiger partial charge < -0.3 is 8.83 Å². The molecule has 0 aliphatic carbocycles. The highest BCUT2D eigenvalue weighted by Gasteiger charge is 2.15. The predicted octanol–water partition coefficient (Wildman–Crippen LogP) is 11.8. The Bertz CT molecular complexity index is 2810. The van der Waals surface area contributed by atoms with E-state index in [1.807, 2.05) is 60.7 Å². The number of fused-ring (bicyclic) bond motifs is 6. The first-order valence-electron chi connectivity index (χ1n) is 16.1. The van der Waals surface area contributed by atoms with Crippen LogP contribution in [0.2, 0.25) is 0 Å². The van der Waals surface area contributed by atoms with Crippen LogP contribution in [-0.2, 0) is 0 Å². The zero-order valence-electron chi connectivity index (χ0n) is 26.4. The minimum absolute atomic E-state index is 0.386. The number of benzene rings is 7. The number of para-hydroxylation sites is 2. The number of rotatable bonds is 4. The van der Waals surface area contributed by atoms with E-state index >= 15 is 0 Å². The normalized spacial score (nSPS) is 11.1. The summed E-state index contributed by atoms with van der Waals surface area (Å²) in [5.74, 6) is 0. The summed E-state index contributed by atoms with van der Waals surface area (Å²) in [7, 11) is 0. The SMILES string of the molecule is N#Cc1cc(C#N)cc(-c2cc(C#N)cc(-c3cc(-c4ccc5oc6ccccc6c5c4)cc(-c4ccc5oc6ccccc6c5c4)c3)c2)c1. The van der Waals surface area contributed by atoms with Crippen molar-refractivity contribution in [1.82, 2.24) is 0 Å². The van der Waals surface area contributed by atoms with Gasteiger partial charge in [-0.1, -0.05) is 48.5 Å². The Morgan fingerprint density at radius 3 is 1.08 bits per heavy atom. The molecule has 0 radical (unpaired) electrons. The van der Waals surface area contributed by atoms with Crippen molar-refractivity contribution in [2.24, 2.45) is 0 Å². The molecule has 0 spiro atoms. The van der Waals surface area contributed by atoms with E-state index in [4.69, 9.17) is 8.83 Å². The van der Waals surface area contributed by atoms with Gasteiger partial charge in [-0.05, 0) is 136 Å². The summed E-state index contributed by atoms with van der Waals surface area (Å²) in [6, 6.07) is 52.5. The van der Waals surface area contributed by atoms with Crippen LogP contribution in [-0.4, -0.2) is 0 Å². The van der Waals surface area contributed by atoms with Crippen LogP contribution in [0.25, 0.3) is 88.4 Å². The van der Waals surface area contributed by atoms with Crippen LogP contribution in [0.15, 0.2) is 148 Å². The molecular weight excluding hydrogens is 615 g/mol. The molecule has 9 aromatic rings. The Kier molecular flexibility index (Phi) is 6.56. The minimum Gasteiger partial charge on any atom is -0.456 e. The molecule has 0 fully saturated rings. The fourth-order valence-corrected chi connectivity index (χ4v) is 6.89. The lowest BCUT2D eigenvalue weighted by atomic mass is 9.90. The van der Waals surface area contributed by atoms with E-state index in [1.54, 1.807) is 24.3 Å². The smallest absolute Gasteiger partial charge is 0.135 e. The van der Waals surface area contributed by atoms with Crippen molar-refractivity contribution in [1.29, 1.82) is 15.8 Å². The second-order valence-corrected chi connectivity index (χ2v) is 12.4. The van der Waals surface area contributed by atoms with Crippen LogP contribution >= 0.6 is 0 Å². The molecule has 2 aromatic heterocycles. The fourth-order valence-electron chi connectivity index (χ4n) is 6.89. The Morgan fingerprint density at radius 1 is 0.300 bits per heavy atom. The zero-order chi connectivity index (χ0) is 33.8. The van der Waals surface area contributed by atoms with Crippen LogP contribution in [0, 0.1) is 34.0 Å². The molecule has 0 N–H and O–H groups in total. The van der Waals surface area contributed by atoms with E-state index in [0.717, 1.165) is 82.8 Å². The van der Waals surface area contributed by atoms with Crippen molar-refractivity contribution >= 4 is 43.9 Å². The average Bonchev–Trinajstić information content (AvgIpc) is 3.75. The highest BCUT2D eigenvalue weighted by Crippen LogP contribution is 2.39. The summed E-state index contributed by atoms with van der Waals surface area (Å²) in [5, 5.41) is 33.6. The van der Waals surface area contributed by atoms with Crippen LogP contribution in [0.1, 0.15) is 16.7 Å². The van der Waals surface area contributed by atoms with Crippen LogP contribution in [0.5, 0.6) is 0 Å². The quantitative estimate of drug-likeness (QED) is 0.191. The van der Waals surface area contributed by atoms with Crippen molar-refractivity contribution in [2.75, 3.05) is 0 Å². The van der Waals surface area contributed by atoms with E-state index in [0.29, 0.717) is 22.3 Å². The summed E-state index contributed by atoms with van der Waals surface area (Å²) in [5.41, 5.74) is 11.8. The van der Waals surface area contributed by atoms with Gasteiger partial charge in [0.2, 0.25) is 0 Å². The maximum Gasteiger partial charge on any atom is 0.135 e. The molecule has 5 nitrogen and oxygen atoms in total. The Labute approximate surface area is 286 Å². The van der Waals surface area contributed by atoms with Gasteiger partial charge in [0, 0.05) is 21.5 Å². The minimum atomic E-state index is 0.386. The molecule has 50 heavy (non-hydrogen) atoms. The number of nitrogens with zero attached hydrogens (tertiary/aromatic N) is 3. The Hall–Kier alpha value is -7.39. The molecule has 0 amide bonds. The Balaban J connectivity index is 1.27. The second-order valence-electron chi connectivity index (χ2n) is 12.4. The summed E-state index contributed by atoms with van der Waals surface area (Å²) in [6.45, 7) is 0. The number of hydrogen-bond acceptors (Lipinski definition) is 5. The van der Waals surface area contributed by atoms with Crippen molar-refractivity contribution < 1.29 is 8.83 Å². The zero-order valence-corrected chi connectivity index (χ0v) is 26.4. The van der Waals surface area contributed by atoms with Gasteiger partial charge in [0.15, 0.2) is 0 Å². The van der Waals surface area contributed by atoms with E-state index < -0.39 is 0 Å².